The van der Waals surface area contributed by atoms with E-state index in [1.54, 1.807) is 0 Å². The maximum Gasteiger partial charge on any atom is 0.145 e. The summed E-state index contributed by atoms with van der Waals surface area (Å²) in [7, 11) is 0. The molecule has 0 unspecified atom stereocenters. The third kappa shape index (κ3) is 55.0. The van der Waals surface area contributed by atoms with Gasteiger partial charge in [0.2, 0.25) is 0 Å². The van der Waals surface area contributed by atoms with Gasteiger partial charge in [-0.2, -0.15) is 0 Å². The lowest BCUT2D eigenvalue weighted by molar-refractivity contribution is -0.105. The van der Waals surface area contributed by atoms with Crippen LogP contribution in [0.5, 0.6) is 0 Å². The summed E-state index contributed by atoms with van der Waals surface area (Å²) in [6.07, 6.45) is 83.9. The highest BCUT2D eigenvalue weighted by Crippen LogP contribution is 2.18. The minimum atomic E-state index is 0.998. The van der Waals surface area contributed by atoms with Gasteiger partial charge in [-0.1, -0.05) is 295 Å². The SMILES string of the molecule is CCCCCCCC/C=C\CCCCCCCCCCCCCCCCCCC/C=C(\C=O)CCCCCCCCCCCCCCCCCC/C=C\CCCCCCCC. The van der Waals surface area contributed by atoms with Gasteiger partial charge in [0.25, 0.3) is 0 Å². The van der Waals surface area contributed by atoms with E-state index in [1.165, 1.54) is 315 Å². The number of carbonyl (C=O) groups excluding carboxylic acids is 1. The largest absolute Gasteiger partial charge is 0.298 e. The van der Waals surface area contributed by atoms with Crippen LogP contribution in [0.25, 0.3) is 0 Å². The third-order valence-corrected chi connectivity index (χ3v) is 13.5. The van der Waals surface area contributed by atoms with E-state index in [0.717, 1.165) is 24.7 Å². The Hall–Kier alpha value is -1.11. The molecule has 1 nitrogen and oxygen atoms in total. The molecule has 0 aliphatic carbocycles. The maximum atomic E-state index is 11.6. The molecule has 0 aromatic carbocycles. The van der Waals surface area contributed by atoms with Gasteiger partial charge in [0.1, 0.15) is 6.29 Å². The first-order valence-corrected chi connectivity index (χ1v) is 28.8. The minimum Gasteiger partial charge on any atom is -0.298 e. The van der Waals surface area contributed by atoms with E-state index in [2.05, 4.69) is 44.2 Å². The van der Waals surface area contributed by atoms with Crippen LogP contribution >= 0.6 is 0 Å². The van der Waals surface area contributed by atoms with Gasteiger partial charge in [0.05, 0.1) is 0 Å². The molecule has 0 bridgehead atoms. The summed E-state index contributed by atoms with van der Waals surface area (Å²) in [6.45, 7) is 4.59. The lowest BCUT2D eigenvalue weighted by Crippen LogP contribution is -1.88. The van der Waals surface area contributed by atoms with Crippen molar-refractivity contribution in [2.75, 3.05) is 0 Å². The minimum absolute atomic E-state index is 0.998. The number of carbonyl (C=O) groups is 1. The smallest absolute Gasteiger partial charge is 0.145 e. The average Bonchev–Trinajstić information content (AvgIpc) is 3.27. The first-order valence-electron chi connectivity index (χ1n) is 28.8. The fourth-order valence-electron chi connectivity index (χ4n) is 9.18. The summed E-state index contributed by atoms with van der Waals surface area (Å²) < 4.78 is 0. The lowest BCUT2D eigenvalue weighted by atomic mass is 10.0. The van der Waals surface area contributed by atoms with Crippen molar-refractivity contribution < 1.29 is 4.79 Å². The van der Waals surface area contributed by atoms with E-state index >= 15 is 0 Å². The van der Waals surface area contributed by atoms with E-state index in [1.807, 2.05) is 0 Å². The van der Waals surface area contributed by atoms with Crippen LogP contribution in [0.3, 0.4) is 0 Å². The highest BCUT2D eigenvalue weighted by molar-refractivity contribution is 5.72. The van der Waals surface area contributed by atoms with Gasteiger partial charge in [-0.25, -0.2) is 0 Å². The van der Waals surface area contributed by atoms with Gasteiger partial charge in [-0.15, -0.1) is 0 Å². The van der Waals surface area contributed by atoms with Crippen LogP contribution in [0.4, 0.5) is 0 Å². The molecule has 0 aromatic heterocycles. The average molecular weight is 852 g/mol. The predicted octanol–water partition coefficient (Wildman–Crippen LogP) is 22.2. The maximum absolute atomic E-state index is 11.6. The molecule has 0 radical (unpaired) electrons. The molecule has 0 aromatic rings. The van der Waals surface area contributed by atoms with Crippen molar-refractivity contribution >= 4 is 6.29 Å². The molecule has 0 fully saturated rings. The molecule has 0 rings (SSSR count). The Bertz CT molecular complexity index is 880. The molecule has 0 atom stereocenters. The topological polar surface area (TPSA) is 17.1 Å². The molecule has 360 valence electrons. The standard InChI is InChI=1S/C60H114O/c1-3-5-7-9-11-13-15-17-19-21-23-25-27-29-31-32-34-36-38-40-42-44-46-48-50-52-54-56-58-60(59-61)57-55-53-51-49-47-45-43-41-39-37-35-33-30-28-26-24-22-20-18-16-14-12-10-8-6-4-2/h17-20,58-59H,3-16,21-57H2,1-2H3/b19-17-,20-18-,60-58-. The van der Waals surface area contributed by atoms with Crippen LogP contribution in [0.1, 0.15) is 341 Å². The summed E-state index contributed by atoms with van der Waals surface area (Å²) in [4.78, 5) is 11.6. The van der Waals surface area contributed by atoms with E-state index in [4.69, 9.17) is 0 Å². The first-order chi connectivity index (χ1) is 30.3. The molecule has 0 spiro atoms. The summed E-state index contributed by atoms with van der Waals surface area (Å²) in [6, 6.07) is 0. The summed E-state index contributed by atoms with van der Waals surface area (Å²) in [5, 5.41) is 0. The van der Waals surface area contributed by atoms with Crippen molar-refractivity contribution in [2.45, 2.75) is 341 Å². The van der Waals surface area contributed by atoms with Gasteiger partial charge >= 0.3 is 0 Å². The Kier molecular flexibility index (Phi) is 55.9. The second kappa shape index (κ2) is 56.9. The van der Waals surface area contributed by atoms with E-state index in [0.29, 0.717) is 0 Å². The number of rotatable bonds is 54. The fourth-order valence-corrected chi connectivity index (χ4v) is 9.18. The highest BCUT2D eigenvalue weighted by Gasteiger charge is 2.00. The Morgan fingerprint density at radius 1 is 0.246 bits per heavy atom. The zero-order valence-corrected chi connectivity index (χ0v) is 42.4. The lowest BCUT2D eigenvalue weighted by Gasteiger charge is -2.04. The van der Waals surface area contributed by atoms with Crippen molar-refractivity contribution in [1.29, 1.82) is 0 Å². The second-order valence-corrected chi connectivity index (χ2v) is 19.7. The Morgan fingerprint density at radius 3 is 0.672 bits per heavy atom. The Morgan fingerprint density at radius 2 is 0.443 bits per heavy atom. The zero-order chi connectivity index (χ0) is 43.9. The molecule has 0 heterocycles. The van der Waals surface area contributed by atoms with Gasteiger partial charge in [0, 0.05) is 0 Å². The normalized spacial score (nSPS) is 12.2. The van der Waals surface area contributed by atoms with Crippen LogP contribution < -0.4 is 0 Å². The summed E-state index contributed by atoms with van der Waals surface area (Å²) >= 11 is 0. The molecular weight excluding hydrogens is 737 g/mol. The monoisotopic (exact) mass is 851 g/mol. The molecular formula is C60H114O. The Labute approximate surface area is 386 Å². The molecule has 1 heteroatoms. The number of allylic oxidation sites excluding steroid dienone is 6. The van der Waals surface area contributed by atoms with Crippen LogP contribution in [0.2, 0.25) is 0 Å². The second-order valence-electron chi connectivity index (χ2n) is 19.7. The zero-order valence-electron chi connectivity index (χ0n) is 42.4. The highest BCUT2D eigenvalue weighted by atomic mass is 16.1. The van der Waals surface area contributed by atoms with Crippen LogP contribution in [-0.2, 0) is 4.79 Å². The van der Waals surface area contributed by atoms with Crippen molar-refractivity contribution in [3.8, 4) is 0 Å². The van der Waals surface area contributed by atoms with E-state index in [9.17, 15) is 4.79 Å². The number of unbranched alkanes of at least 4 members (excludes halogenated alkanes) is 46. The number of hydrogen-bond acceptors (Lipinski definition) is 1. The quantitative estimate of drug-likeness (QED) is 0.0258. The van der Waals surface area contributed by atoms with Gasteiger partial charge in [-0.3, -0.25) is 4.79 Å². The van der Waals surface area contributed by atoms with Gasteiger partial charge in [0.15, 0.2) is 0 Å². The molecule has 0 N–H and O–H groups in total. The Balaban J connectivity index is 3.30. The molecule has 61 heavy (non-hydrogen) atoms. The predicted molar refractivity (Wildman–Crippen MR) is 279 cm³/mol. The van der Waals surface area contributed by atoms with Crippen LogP contribution in [0.15, 0.2) is 36.0 Å². The summed E-state index contributed by atoms with van der Waals surface area (Å²) in [5.74, 6) is 0. The molecule has 0 saturated carbocycles. The van der Waals surface area contributed by atoms with Crippen molar-refractivity contribution in [3.05, 3.63) is 36.0 Å². The molecule has 0 amide bonds. The van der Waals surface area contributed by atoms with Crippen molar-refractivity contribution in [1.82, 2.24) is 0 Å². The molecule has 0 aliphatic rings. The van der Waals surface area contributed by atoms with E-state index < -0.39 is 0 Å². The van der Waals surface area contributed by atoms with Crippen LogP contribution in [-0.4, -0.2) is 6.29 Å². The first kappa shape index (κ1) is 59.9. The summed E-state index contributed by atoms with van der Waals surface area (Å²) in [5.41, 5.74) is 1.06. The third-order valence-electron chi connectivity index (χ3n) is 13.5. The van der Waals surface area contributed by atoms with Gasteiger partial charge in [-0.05, 0) is 82.6 Å². The number of hydrogen-bond donors (Lipinski definition) is 0. The van der Waals surface area contributed by atoms with Crippen molar-refractivity contribution in [2.24, 2.45) is 0 Å². The number of aldehydes is 1. The molecule has 0 saturated heterocycles. The van der Waals surface area contributed by atoms with E-state index in [-0.39, 0.29) is 0 Å². The van der Waals surface area contributed by atoms with Crippen molar-refractivity contribution in [3.63, 3.8) is 0 Å². The van der Waals surface area contributed by atoms with Gasteiger partial charge < -0.3 is 0 Å². The van der Waals surface area contributed by atoms with Crippen LogP contribution in [0, 0.1) is 0 Å². The fraction of sp³-hybridized carbons (Fsp3) is 0.883. The molecule has 0 aliphatic heterocycles.